The first kappa shape index (κ1) is 12.3. The van der Waals surface area contributed by atoms with Crippen molar-refractivity contribution >= 4 is 11.6 Å². The van der Waals surface area contributed by atoms with E-state index in [0.29, 0.717) is 12.4 Å². The van der Waals surface area contributed by atoms with Crippen molar-refractivity contribution in [2.75, 3.05) is 11.1 Å². The largest absolute Gasteiger partial charge is 0.384 e. The number of nitrogen functional groups attached to an aromatic ring is 1. The lowest BCUT2D eigenvalue weighted by Gasteiger charge is -2.09. The smallest absolute Gasteiger partial charge is 0.135 e. The van der Waals surface area contributed by atoms with Gasteiger partial charge in [0.15, 0.2) is 0 Å². The lowest BCUT2D eigenvalue weighted by molar-refractivity contribution is 0.777. The van der Waals surface area contributed by atoms with E-state index >= 15 is 0 Å². The van der Waals surface area contributed by atoms with Gasteiger partial charge in [-0.25, -0.2) is 9.97 Å². The van der Waals surface area contributed by atoms with Crippen molar-refractivity contribution in [3.05, 3.63) is 42.0 Å². The van der Waals surface area contributed by atoms with E-state index in [2.05, 4.69) is 20.3 Å². The molecule has 0 saturated carbocycles. The van der Waals surface area contributed by atoms with Crippen LogP contribution in [0.1, 0.15) is 31.2 Å². The normalized spacial score (nSPS) is 10.6. The van der Waals surface area contributed by atoms with Gasteiger partial charge in [-0.3, -0.25) is 4.98 Å². The number of nitrogens with one attached hydrogen (secondary N) is 1. The molecule has 2 rings (SSSR count). The van der Waals surface area contributed by atoms with Gasteiger partial charge in [0.1, 0.15) is 17.5 Å². The molecule has 18 heavy (non-hydrogen) atoms. The SMILES string of the molecule is CC(C)c1nc(N)cc(NCc2cccnc2)n1. The topological polar surface area (TPSA) is 76.7 Å². The molecular formula is C13H17N5. The first-order valence-electron chi connectivity index (χ1n) is 5.92. The molecule has 2 heterocycles. The third-order valence-electron chi connectivity index (χ3n) is 2.48. The van der Waals surface area contributed by atoms with Crippen molar-refractivity contribution < 1.29 is 0 Å². The molecule has 0 amide bonds. The Morgan fingerprint density at radius 3 is 2.83 bits per heavy atom. The van der Waals surface area contributed by atoms with Gasteiger partial charge in [-0.05, 0) is 11.6 Å². The summed E-state index contributed by atoms with van der Waals surface area (Å²) in [5.41, 5.74) is 6.86. The van der Waals surface area contributed by atoms with Crippen LogP contribution in [0.4, 0.5) is 11.6 Å². The Kier molecular flexibility index (Phi) is 3.72. The Labute approximate surface area is 106 Å². The third-order valence-corrected chi connectivity index (χ3v) is 2.48. The molecule has 94 valence electrons. The molecule has 0 bridgehead atoms. The maximum atomic E-state index is 5.76. The molecule has 0 unspecified atom stereocenters. The summed E-state index contributed by atoms with van der Waals surface area (Å²) in [7, 11) is 0. The number of nitrogens with zero attached hydrogens (tertiary/aromatic N) is 3. The minimum Gasteiger partial charge on any atom is -0.384 e. The van der Waals surface area contributed by atoms with Crippen LogP contribution < -0.4 is 11.1 Å². The van der Waals surface area contributed by atoms with Gasteiger partial charge in [0.05, 0.1) is 0 Å². The summed E-state index contributed by atoms with van der Waals surface area (Å²) in [5.74, 6) is 2.24. The Balaban J connectivity index is 2.10. The van der Waals surface area contributed by atoms with Gasteiger partial charge in [0, 0.05) is 30.9 Å². The number of aromatic nitrogens is 3. The van der Waals surface area contributed by atoms with Crippen LogP contribution in [0.3, 0.4) is 0 Å². The number of hydrogen-bond acceptors (Lipinski definition) is 5. The molecule has 0 aliphatic rings. The molecule has 0 aliphatic carbocycles. The highest BCUT2D eigenvalue weighted by atomic mass is 15.0. The average molecular weight is 243 g/mol. The van der Waals surface area contributed by atoms with Crippen LogP contribution in [0.2, 0.25) is 0 Å². The summed E-state index contributed by atoms with van der Waals surface area (Å²) in [6, 6.07) is 5.65. The van der Waals surface area contributed by atoms with E-state index in [1.165, 1.54) is 0 Å². The summed E-state index contributed by atoms with van der Waals surface area (Å²) >= 11 is 0. The third kappa shape index (κ3) is 3.16. The molecular weight excluding hydrogens is 226 g/mol. The van der Waals surface area contributed by atoms with Crippen LogP contribution in [0.25, 0.3) is 0 Å². The summed E-state index contributed by atoms with van der Waals surface area (Å²) in [6.07, 6.45) is 3.57. The van der Waals surface area contributed by atoms with Gasteiger partial charge in [-0.2, -0.15) is 0 Å². The zero-order valence-electron chi connectivity index (χ0n) is 10.6. The second-order valence-corrected chi connectivity index (χ2v) is 4.41. The second kappa shape index (κ2) is 5.44. The lowest BCUT2D eigenvalue weighted by Crippen LogP contribution is -2.07. The standard InChI is InChI=1S/C13H17N5/c1-9(2)13-17-11(14)6-12(18-13)16-8-10-4-3-5-15-7-10/h3-7,9H,8H2,1-2H3,(H3,14,16,17,18). The first-order valence-corrected chi connectivity index (χ1v) is 5.92. The summed E-state index contributed by atoms with van der Waals surface area (Å²) in [4.78, 5) is 12.7. The van der Waals surface area contributed by atoms with Crippen molar-refractivity contribution in [2.24, 2.45) is 0 Å². The Hall–Kier alpha value is -2.17. The summed E-state index contributed by atoms with van der Waals surface area (Å²) < 4.78 is 0. The van der Waals surface area contributed by atoms with Crippen LogP contribution in [0.5, 0.6) is 0 Å². The average Bonchev–Trinajstić information content (AvgIpc) is 2.37. The van der Waals surface area contributed by atoms with Gasteiger partial charge < -0.3 is 11.1 Å². The van der Waals surface area contributed by atoms with Gasteiger partial charge >= 0.3 is 0 Å². The van der Waals surface area contributed by atoms with Crippen molar-refractivity contribution in [2.45, 2.75) is 26.3 Å². The molecule has 3 N–H and O–H groups in total. The first-order chi connectivity index (χ1) is 8.65. The van der Waals surface area contributed by atoms with Crippen molar-refractivity contribution in [3.63, 3.8) is 0 Å². The number of hydrogen-bond donors (Lipinski definition) is 2. The maximum Gasteiger partial charge on any atom is 0.135 e. The number of anilines is 2. The zero-order chi connectivity index (χ0) is 13.0. The molecule has 0 radical (unpaired) electrons. The van der Waals surface area contributed by atoms with Gasteiger partial charge in [-0.1, -0.05) is 19.9 Å². The molecule has 5 heteroatoms. The lowest BCUT2D eigenvalue weighted by atomic mass is 10.2. The highest BCUT2D eigenvalue weighted by Gasteiger charge is 2.06. The molecule has 2 aromatic rings. The predicted octanol–water partition coefficient (Wildman–Crippen LogP) is 2.19. The van der Waals surface area contributed by atoms with Crippen molar-refractivity contribution in [3.8, 4) is 0 Å². The number of nitrogens with two attached hydrogens (primary N) is 1. The molecule has 5 nitrogen and oxygen atoms in total. The van der Waals surface area contributed by atoms with E-state index in [-0.39, 0.29) is 5.92 Å². The highest BCUT2D eigenvalue weighted by Crippen LogP contribution is 2.15. The molecule has 0 fully saturated rings. The maximum absolute atomic E-state index is 5.76. The van der Waals surface area contributed by atoms with E-state index in [1.807, 2.05) is 32.2 Å². The minimum atomic E-state index is 0.257. The second-order valence-electron chi connectivity index (χ2n) is 4.41. The van der Waals surface area contributed by atoms with Crippen molar-refractivity contribution in [1.82, 2.24) is 15.0 Å². The minimum absolute atomic E-state index is 0.257. The summed E-state index contributed by atoms with van der Waals surface area (Å²) in [5, 5.41) is 3.23. The molecule has 0 aliphatic heterocycles. The van der Waals surface area contributed by atoms with Crippen LogP contribution in [-0.2, 0) is 6.54 Å². The van der Waals surface area contributed by atoms with E-state index in [1.54, 1.807) is 12.3 Å². The van der Waals surface area contributed by atoms with Crippen LogP contribution >= 0.6 is 0 Å². The monoisotopic (exact) mass is 243 g/mol. The fraction of sp³-hybridized carbons (Fsp3) is 0.308. The fourth-order valence-electron chi connectivity index (χ4n) is 1.53. The van der Waals surface area contributed by atoms with Crippen LogP contribution in [0.15, 0.2) is 30.6 Å². The van der Waals surface area contributed by atoms with Crippen molar-refractivity contribution in [1.29, 1.82) is 0 Å². The molecule has 0 spiro atoms. The van der Waals surface area contributed by atoms with E-state index in [4.69, 9.17) is 5.73 Å². The molecule has 0 atom stereocenters. The molecule has 0 aromatic carbocycles. The fourth-order valence-corrected chi connectivity index (χ4v) is 1.53. The Morgan fingerprint density at radius 1 is 1.33 bits per heavy atom. The zero-order valence-corrected chi connectivity index (χ0v) is 10.6. The highest BCUT2D eigenvalue weighted by molar-refractivity contribution is 5.45. The Bertz CT molecular complexity index is 510. The van der Waals surface area contributed by atoms with Crippen LogP contribution in [-0.4, -0.2) is 15.0 Å². The van der Waals surface area contributed by atoms with Gasteiger partial charge in [0.25, 0.3) is 0 Å². The summed E-state index contributed by atoms with van der Waals surface area (Å²) in [6.45, 7) is 4.75. The number of pyridine rings is 1. The molecule has 0 saturated heterocycles. The van der Waals surface area contributed by atoms with Gasteiger partial charge in [-0.15, -0.1) is 0 Å². The Morgan fingerprint density at radius 2 is 2.17 bits per heavy atom. The number of rotatable bonds is 4. The van der Waals surface area contributed by atoms with Gasteiger partial charge in [0.2, 0.25) is 0 Å². The van der Waals surface area contributed by atoms with Crippen LogP contribution in [0, 0.1) is 0 Å². The van der Waals surface area contributed by atoms with E-state index < -0.39 is 0 Å². The van der Waals surface area contributed by atoms with E-state index in [0.717, 1.165) is 17.2 Å². The molecule has 2 aromatic heterocycles. The predicted molar refractivity (Wildman–Crippen MR) is 72.1 cm³/mol. The quantitative estimate of drug-likeness (QED) is 0.860. The van der Waals surface area contributed by atoms with E-state index in [9.17, 15) is 0 Å².